The summed E-state index contributed by atoms with van der Waals surface area (Å²) in [5.74, 6) is -0.108. The first-order chi connectivity index (χ1) is 8.74. The Bertz CT molecular complexity index is 400. The molecule has 1 aliphatic heterocycles. The van der Waals surface area contributed by atoms with Crippen molar-refractivity contribution in [1.29, 1.82) is 0 Å². The van der Waals surface area contributed by atoms with Gasteiger partial charge in [-0.1, -0.05) is 6.07 Å². The Morgan fingerprint density at radius 3 is 3.11 bits per heavy atom. The first-order valence-corrected chi connectivity index (χ1v) is 5.99. The highest BCUT2D eigenvalue weighted by atomic mass is 19.1. The summed E-state index contributed by atoms with van der Waals surface area (Å²) in [6, 6.07) is 4.85. The number of hydrogen-bond acceptors (Lipinski definition) is 4. The monoisotopic (exact) mass is 255 g/mol. The second-order valence-electron chi connectivity index (χ2n) is 4.35. The Labute approximate surface area is 106 Å². The molecule has 1 atom stereocenters. The van der Waals surface area contributed by atoms with Crippen molar-refractivity contribution in [1.82, 2.24) is 4.90 Å². The van der Waals surface area contributed by atoms with Crippen molar-refractivity contribution in [2.75, 3.05) is 33.5 Å². The average molecular weight is 255 g/mol. The van der Waals surface area contributed by atoms with Gasteiger partial charge in [-0.2, -0.15) is 0 Å². The highest BCUT2D eigenvalue weighted by Gasteiger charge is 2.22. The Morgan fingerprint density at radius 2 is 2.39 bits per heavy atom. The Kier molecular flexibility index (Phi) is 4.52. The Hall–Kier alpha value is -1.17. The summed E-state index contributed by atoms with van der Waals surface area (Å²) in [7, 11) is 1.45. The molecule has 1 heterocycles. The van der Waals surface area contributed by atoms with E-state index in [2.05, 4.69) is 4.90 Å². The highest BCUT2D eigenvalue weighted by molar-refractivity contribution is 5.30. The molecule has 0 aliphatic carbocycles. The fourth-order valence-corrected chi connectivity index (χ4v) is 2.10. The zero-order valence-corrected chi connectivity index (χ0v) is 10.4. The number of rotatable bonds is 4. The minimum atomic E-state index is -0.359. The molecule has 0 radical (unpaired) electrons. The van der Waals surface area contributed by atoms with Crippen LogP contribution in [0.15, 0.2) is 18.2 Å². The molecule has 18 heavy (non-hydrogen) atoms. The maximum absolute atomic E-state index is 13.3. The van der Waals surface area contributed by atoms with Crippen molar-refractivity contribution in [3.8, 4) is 5.75 Å². The lowest BCUT2D eigenvalue weighted by Gasteiger charge is -2.34. The predicted octanol–water partition coefficient (Wildman–Crippen LogP) is 1.03. The number of nitrogens with zero attached hydrogens (tertiary/aromatic N) is 1. The van der Waals surface area contributed by atoms with Crippen LogP contribution in [0.3, 0.4) is 0 Å². The van der Waals surface area contributed by atoms with Gasteiger partial charge in [0.25, 0.3) is 0 Å². The number of aliphatic hydroxyl groups is 1. The molecule has 0 saturated carbocycles. The molecule has 2 rings (SSSR count). The van der Waals surface area contributed by atoms with Crippen LogP contribution in [0, 0.1) is 5.82 Å². The van der Waals surface area contributed by atoms with Crippen LogP contribution in [0.2, 0.25) is 0 Å². The lowest BCUT2D eigenvalue weighted by atomic mass is 10.1. The summed E-state index contributed by atoms with van der Waals surface area (Å²) >= 11 is 0. The van der Waals surface area contributed by atoms with Gasteiger partial charge in [0.2, 0.25) is 0 Å². The second kappa shape index (κ2) is 6.13. The van der Waals surface area contributed by atoms with Crippen molar-refractivity contribution in [3.63, 3.8) is 0 Å². The number of benzene rings is 1. The Balaban J connectivity index is 2.07. The second-order valence-corrected chi connectivity index (χ2v) is 4.35. The molecule has 1 aromatic rings. The van der Waals surface area contributed by atoms with E-state index in [1.165, 1.54) is 13.2 Å². The summed E-state index contributed by atoms with van der Waals surface area (Å²) in [4.78, 5) is 2.14. The van der Waals surface area contributed by atoms with Crippen LogP contribution in [-0.4, -0.2) is 49.5 Å². The van der Waals surface area contributed by atoms with Crippen LogP contribution in [0.1, 0.15) is 5.56 Å². The third-order valence-corrected chi connectivity index (χ3v) is 3.16. The maximum atomic E-state index is 13.3. The molecule has 1 aliphatic rings. The summed E-state index contributed by atoms with van der Waals surface area (Å²) in [6.07, 6.45) is 0. The van der Waals surface area contributed by atoms with E-state index in [9.17, 15) is 9.50 Å². The third-order valence-electron chi connectivity index (χ3n) is 3.16. The molecule has 1 N–H and O–H groups in total. The van der Waals surface area contributed by atoms with Gasteiger partial charge in [-0.25, -0.2) is 4.39 Å². The van der Waals surface area contributed by atoms with Gasteiger partial charge in [0.15, 0.2) is 11.6 Å². The molecule has 1 fully saturated rings. The third kappa shape index (κ3) is 2.98. The zero-order chi connectivity index (χ0) is 13.0. The van der Waals surface area contributed by atoms with Crippen LogP contribution in [-0.2, 0) is 11.3 Å². The molecule has 4 nitrogen and oxygen atoms in total. The molecule has 0 bridgehead atoms. The minimum absolute atomic E-state index is 0.00907. The molecule has 5 heteroatoms. The predicted molar refractivity (Wildman–Crippen MR) is 65.1 cm³/mol. The molecule has 1 aromatic carbocycles. The standard InChI is InChI=1S/C13H18FNO3/c1-17-13-6-10(2-3-12(13)14)7-15-4-5-18-9-11(15)8-16/h2-3,6,11,16H,4-5,7-9H2,1H3. The zero-order valence-electron chi connectivity index (χ0n) is 10.4. The molecular weight excluding hydrogens is 237 g/mol. The van der Waals surface area contributed by atoms with Gasteiger partial charge in [0.05, 0.1) is 33.0 Å². The molecule has 1 saturated heterocycles. The van der Waals surface area contributed by atoms with Gasteiger partial charge in [-0.05, 0) is 17.7 Å². The van der Waals surface area contributed by atoms with Crippen molar-refractivity contribution >= 4 is 0 Å². The topological polar surface area (TPSA) is 41.9 Å². The van der Waals surface area contributed by atoms with E-state index in [4.69, 9.17) is 9.47 Å². The summed E-state index contributed by atoms with van der Waals surface area (Å²) in [6.45, 7) is 2.69. The summed E-state index contributed by atoms with van der Waals surface area (Å²) in [5, 5.41) is 9.28. The molecule has 0 spiro atoms. The molecule has 0 amide bonds. The summed E-state index contributed by atoms with van der Waals surface area (Å²) in [5.41, 5.74) is 0.966. The van der Waals surface area contributed by atoms with Crippen molar-refractivity contribution in [2.24, 2.45) is 0 Å². The smallest absolute Gasteiger partial charge is 0.165 e. The van der Waals surface area contributed by atoms with Gasteiger partial charge in [0, 0.05) is 13.1 Å². The van der Waals surface area contributed by atoms with Crippen LogP contribution in [0.4, 0.5) is 4.39 Å². The van der Waals surface area contributed by atoms with E-state index < -0.39 is 0 Å². The minimum Gasteiger partial charge on any atom is -0.494 e. The fraction of sp³-hybridized carbons (Fsp3) is 0.538. The maximum Gasteiger partial charge on any atom is 0.165 e. The average Bonchev–Trinajstić information content (AvgIpc) is 2.41. The SMILES string of the molecule is COc1cc(CN2CCOCC2CO)ccc1F. The van der Waals surface area contributed by atoms with Crippen LogP contribution >= 0.6 is 0 Å². The number of aliphatic hydroxyl groups excluding tert-OH is 1. The van der Waals surface area contributed by atoms with E-state index in [1.54, 1.807) is 12.1 Å². The quantitative estimate of drug-likeness (QED) is 0.872. The van der Waals surface area contributed by atoms with E-state index in [-0.39, 0.29) is 24.2 Å². The lowest BCUT2D eigenvalue weighted by Crippen LogP contribution is -2.46. The van der Waals surface area contributed by atoms with Gasteiger partial charge >= 0.3 is 0 Å². The number of morpholine rings is 1. The molecular formula is C13H18FNO3. The van der Waals surface area contributed by atoms with Gasteiger partial charge in [-0.3, -0.25) is 4.90 Å². The first-order valence-electron chi connectivity index (χ1n) is 5.99. The number of halogens is 1. The van der Waals surface area contributed by atoms with Crippen molar-refractivity contribution < 1.29 is 19.0 Å². The van der Waals surface area contributed by atoms with Crippen molar-refractivity contribution in [3.05, 3.63) is 29.6 Å². The normalized spacial score (nSPS) is 20.9. The number of ether oxygens (including phenoxy) is 2. The largest absolute Gasteiger partial charge is 0.494 e. The lowest BCUT2D eigenvalue weighted by molar-refractivity contribution is -0.0312. The molecule has 0 aromatic heterocycles. The van der Waals surface area contributed by atoms with Crippen LogP contribution < -0.4 is 4.74 Å². The van der Waals surface area contributed by atoms with E-state index in [0.29, 0.717) is 19.8 Å². The summed E-state index contributed by atoms with van der Waals surface area (Å²) < 4.78 is 23.6. The molecule has 1 unspecified atom stereocenters. The highest BCUT2D eigenvalue weighted by Crippen LogP contribution is 2.20. The van der Waals surface area contributed by atoms with Gasteiger partial charge in [-0.15, -0.1) is 0 Å². The van der Waals surface area contributed by atoms with Gasteiger partial charge in [0.1, 0.15) is 0 Å². The van der Waals surface area contributed by atoms with Gasteiger partial charge < -0.3 is 14.6 Å². The number of hydrogen-bond donors (Lipinski definition) is 1. The van der Waals surface area contributed by atoms with Crippen molar-refractivity contribution in [2.45, 2.75) is 12.6 Å². The van der Waals surface area contributed by atoms with Crippen LogP contribution in [0.5, 0.6) is 5.75 Å². The van der Waals surface area contributed by atoms with E-state index >= 15 is 0 Å². The Morgan fingerprint density at radius 1 is 1.56 bits per heavy atom. The van der Waals surface area contributed by atoms with E-state index in [0.717, 1.165) is 12.1 Å². The van der Waals surface area contributed by atoms with Crippen LogP contribution in [0.25, 0.3) is 0 Å². The fourth-order valence-electron chi connectivity index (χ4n) is 2.10. The van der Waals surface area contributed by atoms with E-state index in [1.807, 2.05) is 0 Å². The molecule has 100 valence electrons. The first kappa shape index (κ1) is 13.3. The number of methoxy groups -OCH3 is 1.